The molecule has 1 heterocycles. The summed E-state index contributed by atoms with van der Waals surface area (Å²) in [5.41, 5.74) is 0.150. The SMILES string of the molecule is CS(=O)(=O)c1ccc(C(=O)NCC(O)CN2CCC(Oc3ccc(Cl)c(Cl)c3)CC2)c(Cl)c1. The van der Waals surface area contributed by atoms with Gasteiger partial charge in [0.2, 0.25) is 0 Å². The Bertz CT molecular complexity index is 1110. The van der Waals surface area contributed by atoms with E-state index in [0.29, 0.717) is 22.3 Å². The third kappa shape index (κ3) is 7.47. The molecule has 0 bridgehead atoms. The molecule has 1 aliphatic heterocycles. The van der Waals surface area contributed by atoms with Gasteiger partial charge in [0.15, 0.2) is 9.84 Å². The zero-order valence-electron chi connectivity index (χ0n) is 17.9. The van der Waals surface area contributed by atoms with Crippen LogP contribution >= 0.6 is 34.8 Å². The molecule has 7 nitrogen and oxygen atoms in total. The van der Waals surface area contributed by atoms with Crippen LogP contribution in [0.1, 0.15) is 23.2 Å². The molecule has 0 aliphatic carbocycles. The van der Waals surface area contributed by atoms with Crippen LogP contribution in [0.4, 0.5) is 0 Å². The molecule has 2 aromatic carbocycles. The van der Waals surface area contributed by atoms with Crippen LogP contribution in [-0.4, -0.2) is 69.0 Å². The monoisotopic (exact) mass is 534 g/mol. The number of aliphatic hydroxyl groups is 1. The number of hydrogen-bond donors (Lipinski definition) is 2. The highest BCUT2D eigenvalue weighted by molar-refractivity contribution is 7.90. The zero-order valence-corrected chi connectivity index (χ0v) is 21.0. The number of hydrogen-bond acceptors (Lipinski definition) is 6. The first kappa shape index (κ1) is 26.1. The fourth-order valence-corrected chi connectivity index (χ4v) is 4.80. The van der Waals surface area contributed by atoms with E-state index in [1.165, 1.54) is 18.2 Å². The Morgan fingerprint density at radius 1 is 1.12 bits per heavy atom. The van der Waals surface area contributed by atoms with Gasteiger partial charge in [-0.1, -0.05) is 34.8 Å². The summed E-state index contributed by atoms with van der Waals surface area (Å²) >= 11 is 18.0. The van der Waals surface area contributed by atoms with Crippen molar-refractivity contribution in [2.75, 3.05) is 32.4 Å². The van der Waals surface area contributed by atoms with Crippen LogP contribution in [-0.2, 0) is 9.84 Å². The Labute approximate surface area is 208 Å². The summed E-state index contributed by atoms with van der Waals surface area (Å²) in [5, 5.41) is 14.0. The summed E-state index contributed by atoms with van der Waals surface area (Å²) in [6.45, 7) is 1.94. The first-order valence-corrected chi connectivity index (χ1v) is 13.4. The lowest BCUT2D eigenvalue weighted by atomic mass is 10.1. The highest BCUT2D eigenvalue weighted by Crippen LogP contribution is 2.28. The number of β-amino-alcohol motifs (C(OH)–C–C–N with tert-alkyl or cyclic N) is 1. The molecule has 2 N–H and O–H groups in total. The summed E-state index contributed by atoms with van der Waals surface area (Å²) in [6, 6.07) is 9.12. The van der Waals surface area contributed by atoms with Crippen molar-refractivity contribution in [1.82, 2.24) is 10.2 Å². The van der Waals surface area contributed by atoms with E-state index in [1.807, 2.05) is 0 Å². The lowest BCUT2D eigenvalue weighted by molar-refractivity contribution is 0.0594. The fourth-order valence-electron chi connectivity index (χ4n) is 3.53. The predicted octanol–water partition coefficient (Wildman–Crippen LogP) is 3.68. The van der Waals surface area contributed by atoms with E-state index < -0.39 is 21.8 Å². The number of rotatable bonds is 8. The van der Waals surface area contributed by atoms with Gasteiger partial charge in [-0.15, -0.1) is 0 Å². The van der Waals surface area contributed by atoms with Crippen molar-refractivity contribution in [2.24, 2.45) is 0 Å². The Kier molecular flexibility index (Phi) is 8.89. The minimum atomic E-state index is -3.42. The molecule has 1 saturated heterocycles. The molecule has 1 amide bonds. The lowest BCUT2D eigenvalue weighted by Crippen LogP contribution is -2.45. The molecule has 0 saturated carbocycles. The van der Waals surface area contributed by atoms with Gasteiger partial charge in [0.25, 0.3) is 5.91 Å². The van der Waals surface area contributed by atoms with Gasteiger partial charge in [-0.05, 0) is 43.2 Å². The second-order valence-electron chi connectivity index (χ2n) is 7.97. The molecule has 0 aromatic heterocycles. The Hall–Kier alpha value is -1.55. The number of halogens is 3. The molecule has 1 atom stereocenters. The summed E-state index contributed by atoms with van der Waals surface area (Å²) < 4.78 is 29.2. The average molecular weight is 536 g/mol. The molecule has 0 spiro atoms. The van der Waals surface area contributed by atoms with E-state index in [0.717, 1.165) is 32.2 Å². The molecule has 11 heteroatoms. The lowest BCUT2D eigenvalue weighted by Gasteiger charge is -2.33. The van der Waals surface area contributed by atoms with Crippen LogP contribution in [0.15, 0.2) is 41.3 Å². The van der Waals surface area contributed by atoms with Gasteiger partial charge in [-0.2, -0.15) is 0 Å². The topological polar surface area (TPSA) is 95.9 Å². The Morgan fingerprint density at radius 3 is 2.42 bits per heavy atom. The molecule has 0 radical (unpaired) electrons. The number of sulfone groups is 1. The minimum Gasteiger partial charge on any atom is -0.490 e. The number of nitrogens with one attached hydrogen (secondary N) is 1. The van der Waals surface area contributed by atoms with Crippen molar-refractivity contribution < 1.29 is 23.1 Å². The van der Waals surface area contributed by atoms with Crippen LogP contribution in [0.2, 0.25) is 15.1 Å². The van der Waals surface area contributed by atoms with Gasteiger partial charge in [-0.3, -0.25) is 4.79 Å². The number of nitrogens with zero attached hydrogens (tertiary/aromatic N) is 1. The number of ether oxygens (including phenoxy) is 1. The van der Waals surface area contributed by atoms with Crippen LogP contribution in [0.3, 0.4) is 0 Å². The first-order valence-electron chi connectivity index (χ1n) is 10.3. The third-order valence-electron chi connectivity index (χ3n) is 5.31. The van der Waals surface area contributed by atoms with Crippen molar-refractivity contribution in [2.45, 2.75) is 29.9 Å². The van der Waals surface area contributed by atoms with E-state index in [-0.39, 0.29) is 28.1 Å². The largest absolute Gasteiger partial charge is 0.490 e. The zero-order chi connectivity index (χ0) is 24.2. The molecule has 3 rings (SSSR count). The van der Waals surface area contributed by atoms with Crippen LogP contribution < -0.4 is 10.1 Å². The summed E-state index contributed by atoms with van der Waals surface area (Å²) in [7, 11) is -3.42. The number of aliphatic hydroxyl groups excluding tert-OH is 1. The van der Waals surface area contributed by atoms with Gasteiger partial charge in [0.05, 0.1) is 31.6 Å². The maximum Gasteiger partial charge on any atom is 0.252 e. The second kappa shape index (κ2) is 11.3. The van der Waals surface area contributed by atoms with Gasteiger partial charge in [0, 0.05) is 38.5 Å². The average Bonchev–Trinajstić information content (AvgIpc) is 2.75. The van der Waals surface area contributed by atoms with E-state index in [4.69, 9.17) is 39.5 Å². The highest BCUT2D eigenvalue weighted by atomic mass is 35.5. The smallest absolute Gasteiger partial charge is 0.252 e. The summed E-state index contributed by atoms with van der Waals surface area (Å²) in [4.78, 5) is 14.5. The maximum atomic E-state index is 12.4. The maximum absolute atomic E-state index is 12.4. The first-order chi connectivity index (χ1) is 15.5. The van der Waals surface area contributed by atoms with Crippen molar-refractivity contribution >= 4 is 50.5 Å². The molecule has 1 aliphatic rings. The van der Waals surface area contributed by atoms with Crippen molar-refractivity contribution in [3.8, 4) is 5.75 Å². The number of likely N-dealkylation sites (tertiary alicyclic amines) is 1. The van der Waals surface area contributed by atoms with E-state index in [9.17, 15) is 18.3 Å². The second-order valence-corrected chi connectivity index (χ2v) is 11.2. The van der Waals surface area contributed by atoms with Crippen molar-refractivity contribution in [1.29, 1.82) is 0 Å². The van der Waals surface area contributed by atoms with Crippen LogP contribution in [0.5, 0.6) is 5.75 Å². The molecule has 1 fully saturated rings. The number of piperidine rings is 1. The van der Waals surface area contributed by atoms with Crippen LogP contribution in [0.25, 0.3) is 0 Å². The Balaban J connectivity index is 1.43. The van der Waals surface area contributed by atoms with Crippen molar-refractivity contribution in [3.63, 3.8) is 0 Å². The molecule has 33 heavy (non-hydrogen) atoms. The van der Waals surface area contributed by atoms with Crippen molar-refractivity contribution in [3.05, 3.63) is 57.0 Å². The Morgan fingerprint density at radius 2 is 1.82 bits per heavy atom. The van der Waals surface area contributed by atoms with E-state index in [2.05, 4.69) is 10.2 Å². The van der Waals surface area contributed by atoms with Crippen LogP contribution in [0, 0.1) is 0 Å². The molecular weight excluding hydrogens is 511 g/mol. The minimum absolute atomic E-state index is 0.0361. The number of benzene rings is 2. The number of carbonyl (C=O) groups is 1. The van der Waals surface area contributed by atoms with Gasteiger partial charge in [0.1, 0.15) is 11.9 Å². The number of carbonyl (C=O) groups excluding carboxylic acids is 1. The summed E-state index contributed by atoms with van der Waals surface area (Å²) in [5.74, 6) is 0.196. The number of amides is 1. The molecule has 1 unspecified atom stereocenters. The molecular formula is C22H25Cl3N2O5S. The van der Waals surface area contributed by atoms with Gasteiger partial charge >= 0.3 is 0 Å². The molecule has 2 aromatic rings. The van der Waals surface area contributed by atoms with Gasteiger partial charge < -0.3 is 20.1 Å². The normalized spacial score (nSPS) is 16.4. The fraction of sp³-hybridized carbons (Fsp3) is 0.409. The predicted molar refractivity (Wildman–Crippen MR) is 129 cm³/mol. The van der Waals surface area contributed by atoms with E-state index in [1.54, 1.807) is 18.2 Å². The van der Waals surface area contributed by atoms with Gasteiger partial charge in [-0.25, -0.2) is 8.42 Å². The highest BCUT2D eigenvalue weighted by Gasteiger charge is 2.23. The third-order valence-corrected chi connectivity index (χ3v) is 7.47. The molecule has 180 valence electrons. The van der Waals surface area contributed by atoms with E-state index >= 15 is 0 Å². The summed E-state index contributed by atoms with van der Waals surface area (Å²) in [6.07, 6.45) is 1.93. The standard InChI is InChI=1S/C22H25Cl3N2O5S/c1-33(30,31)17-3-4-18(20(24)11-17)22(29)26-12-14(28)13-27-8-6-15(7-9-27)32-16-2-5-19(23)21(25)10-16/h2-5,10-11,14-15,28H,6-9,12-13H2,1H3,(H,26,29). The quantitative estimate of drug-likeness (QED) is 0.535.